The minimum Gasteiger partial charge on any atom is -0.303 e. The Morgan fingerprint density at radius 1 is 1.19 bits per heavy atom. The van der Waals surface area contributed by atoms with E-state index < -0.39 is 5.92 Å². The maximum atomic E-state index is 13.0. The number of rotatable bonds is 4. The van der Waals surface area contributed by atoms with Gasteiger partial charge in [-0.15, -0.1) is 21.5 Å². The minimum absolute atomic E-state index is 0.0501. The lowest BCUT2D eigenvalue weighted by atomic mass is 9.97. The van der Waals surface area contributed by atoms with Crippen LogP contribution in [0.1, 0.15) is 27.9 Å². The monoisotopic (exact) mass is 398 g/mol. The molecular formula is C19H18N4O2S2. The Hall–Kier alpha value is -2.58. The Balaban J connectivity index is 1.67. The zero-order valence-electron chi connectivity index (χ0n) is 14.9. The number of amides is 2. The summed E-state index contributed by atoms with van der Waals surface area (Å²) in [5, 5.41) is 13.9. The van der Waals surface area contributed by atoms with Gasteiger partial charge in [-0.1, -0.05) is 35.1 Å². The third-order valence-electron chi connectivity index (χ3n) is 4.56. The number of hydrogen-bond donors (Lipinski definition) is 1. The van der Waals surface area contributed by atoms with Gasteiger partial charge >= 0.3 is 0 Å². The van der Waals surface area contributed by atoms with E-state index in [0.29, 0.717) is 5.13 Å². The van der Waals surface area contributed by atoms with Crippen LogP contribution in [0.4, 0.5) is 10.8 Å². The lowest BCUT2D eigenvalue weighted by Gasteiger charge is -2.27. The van der Waals surface area contributed by atoms with Crippen molar-refractivity contribution in [3.05, 3.63) is 57.2 Å². The van der Waals surface area contributed by atoms with Crippen LogP contribution in [-0.4, -0.2) is 22.0 Å². The first-order valence-corrected chi connectivity index (χ1v) is 10.3. The second-order valence-corrected chi connectivity index (χ2v) is 8.65. The van der Waals surface area contributed by atoms with E-state index in [4.69, 9.17) is 0 Å². The van der Waals surface area contributed by atoms with Gasteiger partial charge in [0.15, 0.2) is 0 Å². The van der Waals surface area contributed by atoms with Gasteiger partial charge in [-0.25, -0.2) is 0 Å². The second kappa shape index (κ2) is 7.21. The highest BCUT2D eigenvalue weighted by atomic mass is 32.1. The second-order valence-electron chi connectivity index (χ2n) is 6.49. The number of aromatic nitrogens is 2. The molecule has 0 bridgehead atoms. The normalized spacial score (nSPS) is 19.5. The van der Waals surface area contributed by atoms with Crippen LogP contribution < -0.4 is 10.2 Å². The molecule has 1 fully saturated rings. The molecule has 0 unspecified atom stereocenters. The fourth-order valence-electron chi connectivity index (χ4n) is 3.31. The lowest BCUT2D eigenvalue weighted by molar-refractivity contribution is -0.122. The molecule has 8 heteroatoms. The Morgan fingerprint density at radius 2 is 1.96 bits per heavy atom. The number of nitrogens with zero attached hydrogens (tertiary/aromatic N) is 3. The van der Waals surface area contributed by atoms with Crippen molar-refractivity contribution in [1.29, 1.82) is 0 Å². The van der Waals surface area contributed by atoms with Gasteiger partial charge in [0, 0.05) is 17.0 Å². The van der Waals surface area contributed by atoms with E-state index >= 15 is 0 Å². The van der Waals surface area contributed by atoms with Crippen molar-refractivity contribution in [2.75, 3.05) is 10.2 Å². The number of benzene rings is 1. The topological polar surface area (TPSA) is 75.2 Å². The summed E-state index contributed by atoms with van der Waals surface area (Å²) in [5.74, 6) is -0.736. The molecule has 0 saturated carbocycles. The molecule has 2 amide bonds. The molecule has 4 rings (SSSR count). The predicted octanol–water partition coefficient (Wildman–Crippen LogP) is 3.95. The number of anilines is 2. The molecule has 3 aromatic rings. The highest BCUT2D eigenvalue weighted by Crippen LogP contribution is 2.43. The number of thiophene rings is 1. The van der Waals surface area contributed by atoms with Crippen LogP contribution in [0.5, 0.6) is 0 Å². The fraction of sp³-hybridized carbons (Fsp3) is 0.263. The Bertz CT molecular complexity index is 966. The lowest BCUT2D eigenvalue weighted by Crippen LogP contribution is -2.31. The number of hydrogen-bond acceptors (Lipinski definition) is 6. The Labute approximate surface area is 164 Å². The average molecular weight is 399 g/mol. The maximum Gasteiger partial charge on any atom is 0.232 e. The van der Waals surface area contributed by atoms with E-state index in [-0.39, 0.29) is 24.3 Å². The standard InChI is InChI=1S/C19H18N4O2S2/c1-11-5-7-13(8-6-11)23-16(24)10-14(17(23)15-4-3-9-26-15)18(25)20-19-22-21-12(2)27-19/h3-9,14,17H,10H2,1-2H3,(H,20,22,25)/t14-,17+/m0/s1. The van der Waals surface area contributed by atoms with Crippen LogP contribution in [-0.2, 0) is 9.59 Å². The van der Waals surface area contributed by atoms with E-state index in [1.165, 1.54) is 11.3 Å². The largest absolute Gasteiger partial charge is 0.303 e. The van der Waals surface area contributed by atoms with Gasteiger partial charge in [-0.05, 0) is 37.4 Å². The van der Waals surface area contributed by atoms with E-state index in [0.717, 1.165) is 21.1 Å². The van der Waals surface area contributed by atoms with Crippen LogP contribution in [0.3, 0.4) is 0 Å². The predicted molar refractivity (Wildman–Crippen MR) is 107 cm³/mol. The summed E-state index contributed by atoms with van der Waals surface area (Å²) < 4.78 is 0. The molecule has 1 aromatic carbocycles. The van der Waals surface area contributed by atoms with Gasteiger partial charge < -0.3 is 10.2 Å². The van der Waals surface area contributed by atoms with E-state index in [2.05, 4.69) is 15.5 Å². The summed E-state index contributed by atoms with van der Waals surface area (Å²) in [4.78, 5) is 28.6. The van der Waals surface area contributed by atoms with E-state index in [1.54, 1.807) is 16.2 Å². The summed E-state index contributed by atoms with van der Waals surface area (Å²) in [6.07, 6.45) is 0.167. The molecule has 138 valence electrons. The molecule has 6 nitrogen and oxygen atoms in total. The highest BCUT2D eigenvalue weighted by molar-refractivity contribution is 7.15. The Morgan fingerprint density at radius 3 is 2.59 bits per heavy atom. The van der Waals surface area contributed by atoms with Crippen LogP contribution >= 0.6 is 22.7 Å². The van der Waals surface area contributed by atoms with E-state index in [9.17, 15) is 9.59 Å². The third kappa shape index (κ3) is 3.50. The smallest absolute Gasteiger partial charge is 0.232 e. The molecule has 1 N–H and O–H groups in total. The molecular weight excluding hydrogens is 380 g/mol. The molecule has 0 radical (unpaired) electrons. The van der Waals surface area contributed by atoms with Gasteiger partial charge in [-0.2, -0.15) is 0 Å². The van der Waals surface area contributed by atoms with Crippen LogP contribution in [0.2, 0.25) is 0 Å². The van der Waals surface area contributed by atoms with Crippen molar-refractivity contribution in [1.82, 2.24) is 10.2 Å². The van der Waals surface area contributed by atoms with Crippen LogP contribution in [0, 0.1) is 19.8 Å². The maximum absolute atomic E-state index is 13.0. The molecule has 1 saturated heterocycles. The van der Waals surface area contributed by atoms with Gasteiger partial charge in [-0.3, -0.25) is 9.59 Å². The van der Waals surface area contributed by atoms with Crippen molar-refractivity contribution in [3.63, 3.8) is 0 Å². The first-order valence-electron chi connectivity index (χ1n) is 8.56. The quantitative estimate of drug-likeness (QED) is 0.722. The summed E-state index contributed by atoms with van der Waals surface area (Å²) >= 11 is 2.88. The molecule has 2 atom stereocenters. The minimum atomic E-state index is -0.485. The Kier molecular flexibility index (Phi) is 4.75. The number of carbonyl (C=O) groups is 2. The molecule has 1 aliphatic heterocycles. The van der Waals surface area contributed by atoms with Crippen LogP contribution in [0.25, 0.3) is 0 Å². The van der Waals surface area contributed by atoms with Crippen LogP contribution in [0.15, 0.2) is 41.8 Å². The van der Waals surface area contributed by atoms with Crippen molar-refractivity contribution in [2.24, 2.45) is 5.92 Å². The number of carbonyl (C=O) groups excluding carboxylic acids is 2. The summed E-state index contributed by atoms with van der Waals surface area (Å²) in [5.41, 5.74) is 1.94. The fourth-order valence-corrected chi connectivity index (χ4v) is 4.78. The average Bonchev–Trinajstić information content (AvgIpc) is 3.36. The molecule has 0 aliphatic carbocycles. The first-order chi connectivity index (χ1) is 13.0. The summed E-state index contributed by atoms with van der Waals surface area (Å²) in [7, 11) is 0. The first kappa shape index (κ1) is 17.8. The molecule has 1 aliphatic rings. The van der Waals surface area contributed by atoms with Gasteiger partial charge in [0.1, 0.15) is 5.01 Å². The summed E-state index contributed by atoms with van der Waals surface area (Å²) in [6.45, 7) is 3.84. The SMILES string of the molecule is Cc1ccc(N2C(=O)C[C@H](C(=O)Nc3nnc(C)s3)[C@@H]2c2cccs2)cc1. The third-order valence-corrected chi connectivity index (χ3v) is 6.26. The molecule has 27 heavy (non-hydrogen) atoms. The zero-order valence-corrected chi connectivity index (χ0v) is 16.5. The van der Waals surface area contributed by atoms with Crippen molar-refractivity contribution in [3.8, 4) is 0 Å². The van der Waals surface area contributed by atoms with E-state index in [1.807, 2.05) is 55.6 Å². The summed E-state index contributed by atoms with van der Waals surface area (Å²) in [6, 6.07) is 11.4. The van der Waals surface area contributed by atoms with Crippen molar-refractivity contribution < 1.29 is 9.59 Å². The number of nitrogens with one attached hydrogen (secondary N) is 1. The van der Waals surface area contributed by atoms with Crippen molar-refractivity contribution in [2.45, 2.75) is 26.3 Å². The van der Waals surface area contributed by atoms with Gasteiger partial charge in [0.05, 0.1) is 12.0 Å². The van der Waals surface area contributed by atoms with Crippen molar-refractivity contribution >= 4 is 45.3 Å². The number of aryl methyl sites for hydroxylation is 2. The van der Waals surface area contributed by atoms with Gasteiger partial charge in [0.2, 0.25) is 16.9 Å². The van der Waals surface area contributed by atoms with Gasteiger partial charge in [0.25, 0.3) is 0 Å². The molecule has 3 heterocycles. The molecule has 2 aromatic heterocycles. The zero-order chi connectivity index (χ0) is 19.0. The molecule has 0 spiro atoms. The highest BCUT2D eigenvalue weighted by Gasteiger charge is 2.45.